The first-order valence-corrected chi connectivity index (χ1v) is 17.8. The van der Waals surface area contributed by atoms with Crippen molar-refractivity contribution in [3.8, 4) is 11.4 Å². The van der Waals surface area contributed by atoms with Crippen LogP contribution in [0.25, 0.3) is 16.5 Å². The molecule has 1 saturated heterocycles. The number of benzene rings is 3. The molecule has 2 heterocycles. The molecule has 49 heavy (non-hydrogen) atoms. The van der Waals surface area contributed by atoms with Gasteiger partial charge in [-0.2, -0.15) is 22.5 Å². The van der Waals surface area contributed by atoms with E-state index in [1.165, 1.54) is 14.1 Å². The van der Waals surface area contributed by atoms with Crippen LogP contribution in [0.4, 0.5) is 16.3 Å². The quantitative estimate of drug-likeness (QED) is 0.168. The molecule has 264 valence electrons. The Hall–Kier alpha value is -4.05. The highest BCUT2D eigenvalue weighted by molar-refractivity contribution is 7.87. The van der Waals surface area contributed by atoms with Gasteiger partial charge in [-0.1, -0.05) is 57.2 Å². The Kier molecular flexibility index (Phi) is 11.6. The predicted octanol–water partition coefficient (Wildman–Crippen LogP) is 4.94. The number of anilines is 2. The summed E-state index contributed by atoms with van der Waals surface area (Å²) in [7, 11) is -0.714. The third kappa shape index (κ3) is 9.56. The second kappa shape index (κ2) is 15.7. The standard InChI is InChI=1S/C35H47N7O6S/c1-25(39-49(44,45)40(5)6)48-24-26-11-13-27(14-12-26)42-33(23-32(38-42)35(2,3)4)37-34(43)36-30-15-16-31(29-10-8-7-9-28(29)30)47-22-19-41-17-20-46-21-18-41/h7-16,23,25,39H,17-22,24H2,1-6H3,(H2,36,37,43). The van der Waals surface area contributed by atoms with Crippen LogP contribution in [0.2, 0.25) is 0 Å². The normalized spacial score (nSPS) is 15.0. The minimum Gasteiger partial charge on any atom is -0.492 e. The molecule has 2 amide bonds. The molecule has 13 nitrogen and oxygen atoms in total. The summed E-state index contributed by atoms with van der Waals surface area (Å²) >= 11 is 0. The van der Waals surface area contributed by atoms with Gasteiger partial charge in [-0.15, -0.1) is 0 Å². The maximum absolute atomic E-state index is 13.5. The van der Waals surface area contributed by atoms with Crippen LogP contribution in [0.15, 0.2) is 66.7 Å². The summed E-state index contributed by atoms with van der Waals surface area (Å²) < 4.78 is 46.7. The molecule has 0 spiro atoms. The van der Waals surface area contributed by atoms with Gasteiger partial charge < -0.3 is 19.5 Å². The number of urea groups is 1. The maximum Gasteiger partial charge on any atom is 0.324 e. The number of carbonyl (C=O) groups is 1. The molecule has 0 saturated carbocycles. The lowest BCUT2D eigenvalue weighted by atomic mass is 9.92. The molecular formula is C35H47N7O6S. The van der Waals surface area contributed by atoms with Crippen molar-refractivity contribution in [2.45, 2.75) is 45.9 Å². The van der Waals surface area contributed by atoms with Crippen molar-refractivity contribution in [1.82, 2.24) is 23.7 Å². The smallest absolute Gasteiger partial charge is 0.324 e. The first-order chi connectivity index (χ1) is 23.3. The van der Waals surface area contributed by atoms with Crippen LogP contribution in [0.3, 0.4) is 0 Å². The van der Waals surface area contributed by atoms with Crippen molar-refractivity contribution < 1.29 is 27.4 Å². The third-order valence-corrected chi connectivity index (χ3v) is 9.69. The molecular weight excluding hydrogens is 646 g/mol. The monoisotopic (exact) mass is 693 g/mol. The van der Waals surface area contributed by atoms with Crippen molar-refractivity contribution in [1.29, 1.82) is 0 Å². The number of hydrogen-bond donors (Lipinski definition) is 3. The molecule has 1 fully saturated rings. The number of hydrogen-bond acceptors (Lipinski definition) is 8. The Labute approximate surface area is 288 Å². The van der Waals surface area contributed by atoms with Crippen molar-refractivity contribution in [3.63, 3.8) is 0 Å². The van der Waals surface area contributed by atoms with Crippen molar-refractivity contribution in [2.75, 3.05) is 64.2 Å². The van der Waals surface area contributed by atoms with Gasteiger partial charge in [0.2, 0.25) is 0 Å². The number of rotatable bonds is 13. The molecule has 0 bridgehead atoms. The minimum absolute atomic E-state index is 0.197. The van der Waals surface area contributed by atoms with Gasteiger partial charge in [-0.05, 0) is 36.8 Å². The molecule has 1 aliphatic rings. The van der Waals surface area contributed by atoms with E-state index in [2.05, 4.69) is 41.0 Å². The summed E-state index contributed by atoms with van der Waals surface area (Å²) in [6, 6.07) is 20.6. The molecule has 1 atom stereocenters. The number of amides is 2. The minimum atomic E-state index is -3.61. The maximum atomic E-state index is 13.5. The van der Waals surface area contributed by atoms with Crippen LogP contribution in [0.1, 0.15) is 39.0 Å². The molecule has 5 rings (SSSR count). The lowest BCUT2D eigenvalue weighted by Crippen LogP contribution is -2.41. The number of carbonyl (C=O) groups excluding carboxylic acids is 1. The van der Waals surface area contributed by atoms with Gasteiger partial charge in [0.15, 0.2) is 0 Å². The van der Waals surface area contributed by atoms with E-state index in [9.17, 15) is 13.2 Å². The van der Waals surface area contributed by atoms with Crippen molar-refractivity contribution in [2.24, 2.45) is 0 Å². The Balaban J connectivity index is 1.27. The second-order valence-corrected chi connectivity index (χ2v) is 15.1. The summed E-state index contributed by atoms with van der Waals surface area (Å²) in [6.45, 7) is 12.7. The zero-order chi connectivity index (χ0) is 35.2. The molecule has 4 aromatic rings. The van der Waals surface area contributed by atoms with E-state index >= 15 is 0 Å². The topological polar surface area (TPSA) is 139 Å². The lowest BCUT2D eigenvalue weighted by molar-refractivity contribution is 0.0323. The molecule has 14 heteroatoms. The zero-order valence-corrected chi connectivity index (χ0v) is 29.8. The number of fused-ring (bicyclic) bond motifs is 1. The number of nitrogens with one attached hydrogen (secondary N) is 3. The van der Waals surface area contributed by atoms with E-state index in [1.54, 1.807) is 11.6 Å². The van der Waals surface area contributed by atoms with Gasteiger partial charge in [0.05, 0.1) is 36.9 Å². The molecule has 1 aromatic heterocycles. The largest absolute Gasteiger partial charge is 0.492 e. The number of nitrogens with zero attached hydrogens (tertiary/aromatic N) is 4. The Morgan fingerprint density at radius 1 is 1.00 bits per heavy atom. The van der Waals surface area contributed by atoms with Gasteiger partial charge in [0.25, 0.3) is 10.2 Å². The zero-order valence-electron chi connectivity index (χ0n) is 29.0. The van der Waals surface area contributed by atoms with Crippen LogP contribution >= 0.6 is 0 Å². The number of morpholine rings is 1. The summed E-state index contributed by atoms with van der Waals surface area (Å²) in [5, 5.41) is 12.6. The molecule has 1 aliphatic heterocycles. The summed E-state index contributed by atoms with van der Waals surface area (Å²) in [5.74, 6) is 1.27. The van der Waals surface area contributed by atoms with Crippen LogP contribution in [-0.4, -0.2) is 93.2 Å². The van der Waals surface area contributed by atoms with E-state index in [0.717, 1.165) is 70.6 Å². The van der Waals surface area contributed by atoms with E-state index in [4.69, 9.17) is 19.3 Å². The average Bonchev–Trinajstić information content (AvgIpc) is 3.49. The van der Waals surface area contributed by atoms with Crippen LogP contribution in [0, 0.1) is 0 Å². The fraction of sp³-hybridized carbons (Fsp3) is 0.429. The average molecular weight is 694 g/mol. The predicted molar refractivity (Wildman–Crippen MR) is 192 cm³/mol. The molecule has 1 unspecified atom stereocenters. The van der Waals surface area contributed by atoms with Crippen LogP contribution in [-0.2, 0) is 31.7 Å². The molecule has 3 N–H and O–H groups in total. The second-order valence-electron chi connectivity index (χ2n) is 13.1. The van der Waals surface area contributed by atoms with Crippen LogP contribution < -0.4 is 20.1 Å². The fourth-order valence-corrected chi connectivity index (χ4v) is 5.92. The van der Waals surface area contributed by atoms with Gasteiger partial charge in [-0.3, -0.25) is 10.2 Å². The lowest BCUT2D eigenvalue weighted by Gasteiger charge is -2.26. The number of aromatic nitrogens is 2. The van der Waals surface area contributed by atoms with Gasteiger partial charge >= 0.3 is 6.03 Å². The van der Waals surface area contributed by atoms with E-state index in [0.29, 0.717) is 18.1 Å². The summed E-state index contributed by atoms with van der Waals surface area (Å²) in [4.78, 5) is 15.8. The van der Waals surface area contributed by atoms with E-state index < -0.39 is 22.5 Å². The third-order valence-electron chi connectivity index (χ3n) is 8.10. The van der Waals surface area contributed by atoms with Gasteiger partial charge in [0, 0.05) is 56.0 Å². The highest BCUT2D eigenvalue weighted by Crippen LogP contribution is 2.32. The van der Waals surface area contributed by atoms with Gasteiger partial charge in [0.1, 0.15) is 24.4 Å². The SMILES string of the molecule is CC(NS(=O)(=O)N(C)C)OCc1ccc(-n2nc(C(C)(C)C)cc2NC(=O)Nc2ccc(OCCN3CCOCC3)c3ccccc23)cc1. The Morgan fingerprint density at radius 3 is 2.37 bits per heavy atom. The first kappa shape index (κ1) is 36.2. The van der Waals surface area contributed by atoms with E-state index in [-0.39, 0.29) is 12.0 Å². The highest BCUT2D eigenvalue weighted by atomic mass is 32.2. The van der Waals surface area contributed by atoms with Crippen LogP contribution in [0.5, 0.6) is 5.75 Å². The van der Waals surface area contributed by atoms with Crippen molar-refractivity contribution >= 4 is 38.5 Å². The van der Waals surface area contributed by atoms with Crippen molar-refractivity contribution in [3.05, 3.63) is 78.0 Å². The highest BCUT2D eigenvalue weighted by Gasteiger charge is 2.22. The summed E-state index contributed by atoms with van der Waals surface area (Å²) in [6.07, 6.45) is -0.719. The first-order valence-electron chi connectivity index (χ1n) is 16.3. The molecule has 0 aliphatic carbocycles. The molecule has 3 aromatic carbocycles. The van der Waals surface area contributed by atoms with E-state index in [1.807, 2.05) is 66.7 Å². The molecule has 0 radical (unpaired) electrons. The fourth-order valence-electron chi connectivity index (χ4n) is 5.22. The Bertz CT molecular complexity index is 1830. The Morgan fingerprint density at radius 2 is 1.69 bits per heavy atom. The van der Waals surface area contributed by atoms with Gasteiger partial charge in [-0.25, -0.2) is 9.48 Å². The number of ether oxygens (including phenoxy) is 3. The summed E-state index contributed by atoms with van der Waals surface area (Å²) in [5.41, 5.74) is 2.77.